The summed E-state index contributed by atoms with van der Waals surface area (Å²) in [7, 11) is 0. The SMILES string of the molecule is NC(=O)C1CNCCN1CCn1nc2ccccn2c1=O. The molecule has 1 atom stereocenters. The van der Waals surface area contributed by atoms with E-state index in [0.717, 1.165) is 13.1 Å². The first-order valence-electron chi connectivity index (χ1n) is 6.95. The van der Waals surface area contributed by atoms with Gasteiger partial charge in [0.25, 0.3) is 0 Å². The molecular formula is C13H18N6O2. The van der Waals surface area contributed by atoms with E-state index in [1.807, 2.05) is 11.0 Å². The van der Waals surface area contributed by atoms with Gasteiger partial charge in [-0.25, -0.2) is 9.48 Å². The van der Waals surface area contributed by atoms with Crippen LogP contribution < -0.4 is 16.7 Å². The molecule has 1 amide bonds. The molecule has 8 nitrogen and oxygen atoms in total. The zero-order valence-corrected chi connectivity index (χ0v) is 11.6. The molecule has 21 heavy (non-hydrogen) atoms. The van der Waals surface area contributed by atoms with Gasteiger partial charge in [-0.15, -0.1) is 5.10 Å². The number of fused-ring (bicyclic) bond motifs is 1. The van der Waals surface area contributed by atoms with Crippen molar-refractivity contribution in [1.82, 2.24) is 24.4 Å². The Labute approximate surface area is 121 Å². The van der Waals surface area contributed by atoms with Crippen LogP contribution in [0.3, 0.4) is 0 Å². The molecule has 2 aromatic heterocycles. The van der Waals surface area contributed by atoms with Gasteiger partial charge in [0, 0.05) is 32.4 Å². The van der Waals surface area contributed by atoms with Crippen molar-refractivity contribution in [1.29, 1.82) is 0 Å². The number of piperazine rings is 1. The highest BCUT2D eigenvalue weighted by molar-refractivity contribution is 5.80. The topological polar surface area (TPSA) is 97.7 Å². The summed E-state index contributed by atoms with van der Waals surface area (Å²) < 4.78 is 2.93. The highest BCUT2D eigenvalue weighted by atomic mass is 16.2. The third kappa shape index (κ3) is 2.67. The van der Waals surface area contributed by atoms with E-state index in [9.17, 15) is 9.59 Å². The summed E-state index contributed by atoms with van der Waals surface area (Å²) in [4.78, 5) is 25.6. The first kappa shape index (κ1) is 13.8. The molecule has 0 spiro atoms. The summed E-state index contributed by atoms with van der Waals surface area (Å²) in [6, 6.07) is 5.09. The first-order chi connectivity index (χ1) is 10.2. The Morgan fingerprint density at radius 3 is 3.05 bits per heavy atom. The van der Waals surface area contributed by atoms with Crippen LogP contribution in [0.25, 0.3) is 5.65 Å². The van der Waals surface area contributed by atoms with Crippen LogP contribution >= 0.6 is 0 Å². The van der Waals surface area contributed by atoms with Gasteiger partial charge in [0.2, 0.25) is 5.91 Å². The van der Waals surface area contributed by atoms with Crippen molar-refractivity contribution in [2.75, 3.05) is 26.2 Å². The molecule has 112 valence electrons. The molecule has 0 aliphatic carbocycles. The number of nitrogens with zero attached hydrogens (tertiary/aromatic N) is 4. The lowest BCUT2D eigenvalue weighted by Gasteiger charge is -2.33. The van der Waals surface area contributed by atoms with Crippen molar-refractivity contribution < 1.29 is 4.79 Å². The van der Waals surface area contributed by atoms with Gasteiger partial charge in [-0.05, 0) is 12.1 Å². The molecule has 0 bridgehead atoms. The molecule has 0 radical (unpaired) electrons. The van der Waals surface area contributed by atoms with E-state index in [1.54, 1.807) is 18.3 Å². The van der Waals surface area contributed by atoms with Crippen molar-refractivity contribution in [3.63, 3.8) is 0 Å². The van der Waals surface area contributed by atoms with Crippen molar-refractivity contribution in [3.05, 3.63) is 34.9 Å². The number of carbonyl (C=O) groups is 1. The van der Waals surface area contributed by atoms with Crippen LogP contribution in [-0.4, -0.2) is 57.2 Å². The molecule has 0 saturated carbocycles. The maximum Gasteiger partial charge on any atom is 0.350 e. The summed E-state index contributed by atoms with van der Waals surface area (Å²) >= 11 is 0. The van der Waals surface area contributed by atoms with E-state index in [1.165, 1.54) is 9.08 Å². The van der Waals surface area contributed by atoms with Gasteiger partial charge in [0.05, 0.1) is 6.54 Å². The standard InChI is InChI=1S/C13H18N6O2/c14-12(20)10-9-15-4-6-17(10)7-8-19-13(21)18-5-2-1-3-11(18)16-19/h1-3,5,10,15H,4,6-9H2,(H2,14,20). The molecule has 1 unspecified atom stereocenters. The number of carbonyl (C=O) groups excluding carboxylic acids is 1. The zero-order valence-electron chi connectivity index (χ0n) is 11.6. The molecule has 1 saturated heterocycles. The van der Waals surface area contributed by atoms with Crippen LogP contribution in [-0.2, 0) is 11.3 Å². The third-order valence-corrected chi connectivity index (χ3v) is 3.77. The molecule has 2 aromatic rings. The fourth-order valence-corrected chi connectivity index (χ4v) is 2.63. The third-order valence-electron chi connectivity index (χ3n) is 3.77. The van der Waals surface area contributed by atoms with Crippen LogP contribution in [0.5, 0.6) is 0 Å². The monoisotopic (exact) mass is 290 g/mol. The lowest BCUT2D eigenvalue weighted by molar-refractivity contribution is -0.123. The zero-order chi connectivity index (χ0) is 14.8. The minimum Gasteiger partial charge on any atom is -0.368 e. The number of hydrogen-bond donors (Lipinski definition) is 2. The minimum absolute atomic E-state index is 0.170. The molecular weight excluding hydrogens is 272 g/mol. The van der Waals surface area contributed by atoms with E-state index >= 15 is 0 Å². The van der Waals surface area contributed by atoms with E-state index < -0.39 is 0 Å². The molecule has 0 aromatic carbocycles. The lowest BCUT2D eigenvalue weighted by Crippen LogP contribution is -2.57. The Hall–Kier alpha value is -2.19. The Balaban J connectivity index is 1.75. The summed E-state index contributed by atoms with van der Waals surface area (Å²) in [5.74, 6) is -0.343. The highest BCUT2D eigenvalue weighted by Crippen LogP contribution is 2.03. The first-order valence-corrected chi connectivity index (χ1v) is 6.95. The van der Waals surface area contributed by atoms with Crippen molar-refractivity contribution in [3.8, 4) is 0 Å². The Morgan fingerprint density at radius 1 is 1.43 bits per heavy atom. The fourth-order valence-electron chi connectivity index (χ4n) is 2.63. The van der Waals surface area contributed by atoms with Crippen molar-refractivity contribution in [2.45, 2.75) is 12.6 Å². The van der Waals surface area contributed by atoms with Crippen molar-refractivity contribution in [2.24, 2.45) is 5.73 Å². The van der Waals surface area contributed by atoms with E-state index in [2.05, 4.69) is 10.4 Å². The molecule has 3 heterocycles. The second-order valence-corrected chi connectivity index (χ2v) is 5.09. The largest absolute Gasteiger partial charge is 0.368 e. The number of hydrogen-bond acceptors (Lipinski definition) is 5. The predicted molar refractivity (Wildman–Crippen MR) is 76.9 cm³/mol. The second kappa shape index (κ2) is 5.66. The molecule has 3 N–H and O–H groups in total. The van der Waals surface area contributed by atoms with Gasteiger partial charge < -0.3 is 11.1 Å². The predicted octanol–water partition coefficient (Wildman–Crippen LogP) is -1.74. The second-order valence-electron chi connectivity index (χ2n) is 5.09. The Kier molecular flexibility index (Phi) is 3.72. The number of aromatic nitrogens is 3. The highest BCUT2D eigenvalue weighted by Gasteiger charge is 2.26. The fraction of sp³-hybridized carbons (Fsp3) is 0.462. The Morgan fingerprint density at radius 2 is 2.29 bits per heavy atom. The molecule has 8 heteroatoms. The summed E-state index contributed by atoms with van der Waals surface area (Å²) in [5, 5.41) is 7.42. The number of primary amides is 1. The molecule has 1 aliphatic rings. The van der Waals surface area contributed by atoms with Crippen LogP contribution in [0.4, 0.5) is 0 Å². The molecule has 1 fully saturated rings. The number of pyridine rings is 1. The number of nitrogens with two attached hydrogens (primary N) is 1. The quantitative estimate of drug-likeness (QED) is 0.696. The van der Waals surface area contributed by atoms with Gasteiger partial charge in [-0.3, -0.25) is 14.1 Å². The number of amides is 1. The lowest BCUT2D eigenvalue weighted by atomic mass is 10.2. The maximum atomic E-state index is 12.2. The summed E-state index contributed by atoms with van der Waals surface area (Å²) in [6.07, 6.45) is 1.69. The smallest absolute Gasteiger partial charge is 0.350 e. The van der Waals surface area contributed by atoms with E-state index in [4.69, 9.17) is 5.73 Å². The van der Waals surface area contributed by atoms with Gasteiger partial charge in [-0.2, -0.15) is 0 Å². The van der Waals surface area contributed by atoms with E-state index in [-0.39, 0.29) is 17.6 Å². The van der Waals surface area contributed by atoms with Crippen LogP contribution in [0.1, 0.15) is 0 Å². The maximum absolute atomic E-state index is 12.2. The minimum atomic E-state index is -0.343. The van der Waals surface area contributed by atoms with Gasteiger partial charge >= 0.3 is 5.69 Å². The molecule has 1 aliphatic heterocycles. The Bertz CT molecular complexity index is 706. The van der Waals surface area contributed by atoms with E-state index in [0.29, 0.717) is 25.3 Å². The van der Waals surface area contributed by atoms with Gasteiger partial charge in [0.15, 0.2) is 5.65 Å². The summed E-state index contributed by atoms with van der Waals surface area (Å²) in [6.45, 7) is 3.10. The van der Waals surface area contributed by atoms with Crippen LogP contribution in [0.2, 0.25) is 0 Å². The van der Waals surface area contributed by atoms with Crippen molar-refractivity contribution >= 4 is 11.6 Å². The average molecular weight is 290 g/mol. The number of rotatable bonds is 4. The van der Waals surface area contributed by atoms with Gasteiger partial charge in [0.1, 0.15) is 6.04 Å². The normalized spacial score (nSPS) is 19.9. The van der Waals surface area contributed by atoms with Crippen LogP contribution in [0.15, 0.2) is 29.2 Å². The number of nitrogens with one attached hydrogen (secondary N) is 1. The average Bonchev–Trinajstić information content (AvgIpc) is 2.82. The summed E-state index contributed by atoms with van der Waals surface area (Å²) in [5.41, 5.74) is 5.86. The molecule has 3 rings (SSSR count). The van der Waals surface area contributed by atoms with Gasteiger partial charge in [-0.1, -0.05) is 6.07 Å². The van der Waals surface area contributed by atoms with Crippen LogP contribution in [0, 0.1) is 0 Å².